The Kier molecular flexibility index (Phi) is 5.56. The van der Waals surface area contributed by atoms with Gasteiger partial charge in [-0.2, -0.15) is 0 Å². The summed E-state index contributed by atoms with van der Waals surface area (Å²) in [7, 11) is 1.50. The first kappa shape index (κ1) is 16.5. The van der Waals surface area contributed by atoms with Gasteiger partial charge in [0.15, 0.2) is 0 Å². The summed E-state index contributed by atoms with van der Waals surface area (Å²) in [5, 5.41) is 2.51. The van der Waals surface area contributed by atoms with Crippen LogP contribution in [-0.2, 0) is 9.53 Å². The van der Waals surface area contributed by atoms with Crippen molar-refractivity contribution in [3.63, 3.8) is 0 Å². The molecule has 1 rings (SSSR count). The van der Waals surface area contributed by atoms with E-state index in [1.807, 2.05) is 0 Å². The third-order valence-corrected chi connectivity index (χ3v) is 2.83. The largest absolute Gasteiger partial charge is 0.496 e. The van der Waals surface area contributed by atoms with Crippen molar-refractivity contribution >= 4 is 28.3 Å². The first-order valence-corrected chi connectivity index (χ1v) is 6.84. The maximum Gasteiger partial charge on any atom is 0.408 e. The van der Waals surface area contributed by atoms with Crippen molar-refractivity contribution in [1.29, 1.82) is 0 Å². The van der Waals surface area contributed by atoms with Gasteiger partial charge in [-0.1, -0.05) is 22.0 Å². The van der Waals surface area contributed by atoms with Crippen LogP contribution in [0, 0.1) is 0 Å². The molecule has 0 aliphatic rings. The molecule has 0 saturated carbocycles. The van der Waals surface area contributed by atoms with E-state index < -0.39 is 17.7 Å². The Morgan fingerprint density at radius 1 is 1.40 bits per heavy atom. The molecule has 5 nitrogen and oxygen atoms in total. The van der Waals surface area contributed by atoms with Crippen molar-refractivity contribution in [3.05, 3.63) is 28.2 Å². The lowest BCUT2D eigenvalue weighted by Crippen LogP contribution is -2.35. The summed E-state index contributed by atoms with van der Waals surface area (Å²) >= 11 is 3.32. The zero-order valence-electron chi connectivity index (χ0n) is 11.9. The van der Waals surface area contributed by atoms with Crippen LogP contribution < -0.4 is 10.1 Å². The number of aldehydes is 1. The number of halogens is 1. The average molecular weight is 344 g/mol. The molecule has 1 atom stereocenters. The second-order valence-corrected chi connectivity index (χ2v) is 6.06. The van der Waals surface area contributed by atoms with Gasteiger partial charge in [0, 0.05) is 10.0 Å². The molecule has 0 fully saturated rings. The second-order valence-electron chi connectivity index (χ2n) is 5.15. The SMILES string of the molecule is COc1cc(Br)ccc1C(C=O)NC(=O)OC(C)(C)C. The summed E-state index contributed by atoms with van der Waals surface area (Å²) in [6.07, 6.45) is -0.0186. The van der Waals surface area contributed by atoms with Gasteiger partial charge in [0.25, 0.3) is 0 Å². The van der Waals surface area contributed by atoms with Gasteiger partial charge in [-0.05, 0) is 32.9 Å². The third-order valence-electron chi connectivity index (χ3n) is 2.34. The van der Waals surface area contributed by atoms with E-state index in [0.717, 1.165) is 4.47 Å². The molecule has 1 N–H and O–H groups in total. The molecule has 1 aromatic rings. The van der Waals surface area contributed by atoms with Gasteiger partial charge in [-0.3, -0.25) is 0 Å². The van der Waals surface area contributed by atoms with Crippen LogP contribution in [-0.4, -0.2) is 25.1 Å². The molecule has 0 radical (unpaired) electrons. The van der Waals surface area contributed by atoms with E-state index in [4.69, 9.17) is 9.47 Å². The molecular weight excluding hydrogens is 326 g/mol. The van der Waals surface area contributed by atoms with E-state index in [2.05, 4.69) is 21.2 Å². The molecule has 0 aromatic heterocycles. The standard InChI is InChI=1S/C14H18BrNO4/c1-14(2,3)20-13(18)16-11(8-17)10-6-5-9(15)7-12(10)19-4/h5-8,11H,1-4H3,(H,16,18). The van der Waals surface area contributed by atoms with Crippen molar-refractivity contribution in [2.24, 2.45) is 0 Å². The summed E-state index contributed by atoms with van der Waals surface area (Å²) < 4.78 is 11.2. The van der Waals surface area contributed by atoms with Gasteiger partial charge in [0.2, 0.25) is 0 Å². The number of carbonyl (C=O) groups excluding carboxylic acids is 2. The van der Waals surface area contributed by atoms with E-state index in [-0.39, 0.29) is 0 Å². The molecule has 0 saturated heterocycles. The monoisotopic (exact) mass is 343 g/mol. The predicted octanol–water partition coefficient (Wildman–Crippen LogP) is 3.22. The molecule has 0 spiro atoms. The highest BCUT2D eigenvalue weighted by Gasteiger charge is 2.22. The fourth-order valence-corrected chi connectivity index (χ4v) is 1.90. The lowest BCUT2D eigenvalue weighted by molar-refractivity contribution is -0.109. The smallest absolute Gasteiger partial charge is 0.408 e. The molecule has 1 aromatic carbocycles. The lowest BCUT2D eigenvalue weighted by atomic mass is 10.1. The van der Waals surface area contributed by atoms with Crippen molar-refractivity contribution < 1.29 is 19.1 Å². The molecule has 20 heavy (non-hydrogen) atoms. The number of nitrogens with one attached hydrogen (secondary N) is 1. The first-order valence-electron chi connectivity index (χ1n) is 6.05. The van der Waals surface area contributed by atoms with Crippen LogP contribution in [0.25, 0.3) is 0 Å². The summed E-state index contributed by atoms with van der Waals surface area (Å²) in [5.41, 5.74) is -0.0574. The van der Waals surface area contributed by atoms with E-state index in [9.17, 15) is 9.59 Å². The summed E-state index contributed by atoms with van der Waals surface area (Å²) in [6.45, 7) is 5.26. The number of carbonyl (C=O) groups is 2. The highest BCUT2D eigenvalue weighted by atomic mass is 79.9. The quantitative estimate of drug-likeness (QED) is 0.852. The van der Waals surface area contributed by atoms with E-state index in [1.54, 1.807) is 39.0 Å². The molecule has 0 aliphatic heterocycles. The fourth-order valence-electron chi connectivity index (χ4n) is 1.56. The Morgan fingerprint density at radius 3 is 2.55 bits per heavy atom. The van der Waals surface area contributed by atoms with Crippen LogP contribution in [0.5, 0.6) is 5.75 Å². The van der Waals surface area contributed by atoms with Crippen LogP contribution in [0.4, 0.5) is 4.79 Å². The fraction of sp³-hybridized carbons (Fsp3) is 0.429. The minimum Gasteiger partial charge on any atom is -0.496 e. The molecule has 110 valence electrons. The predicted molar refractivity (Wildman–Crippen MR) is 78.9 cm³/mol. The van der Waals surface area contributed by atoms with Gasteiger partial charge < -0.3 is 19.6 Å². The third kappa shape index (κ3) is 4.85. The molecule has 6 heteroatoms. The zero-order chi connectivity index (χ0) is 15.3. The summed E-state index contributed by atoms with van der Waals surface area (Å²) in [5.74, 6) is 0.507. The Bertz CT molecular complexity index is 496. The number of benzene rings is 1. The molecule has 0 bridgehead atoms. The van der Waals surface area contributed by atoms with Crippen molar-refractivity contribution in [1.82, 2.24) is 5.32 Å². The Labute approximate surface area is 126 Å². The molecule has 0 heterocycles. The minimum absolute atomic E-state index is 0.507. The lowest BCUT2D eigenvalue weighted by Gasteiger charge is -2.22. The van der Waals surface area contributed by atoms with Crippen molar-refractivity contribution in [3.8, 4) is 5.75 Å². The second kappa shape index (κ2) is 6.74. The Balaban J connectivity index is 2.91. The highest BCUT2D eigenvalue weighted by molar-refractivity contribution is 9.10. The first-order chi connectivity index (χ1) is 9.26. The number of amides is 1. The number of rotatable bonds is 4. The van der Waals surface area contributed by atoms with Gasteiger partial charge >= 0.3 is 6.09 Å². The number of ether oxygens (including phenoxy) is 2. The molecule has 1 amide bonds. The normalized spacial score (nSPS) is 12.4. The van der Waals surface area contributed by atoms with Gasteiger partial charge in [0.05, 0.1) is 7.11 Å². The molecule has 0 aliphatic carbocycles. The van der Waals surface area contributed by atoms with E-state index >= 15 is 0 Å². The van der Waals surface area contributed by atoms with Crippen LogP contribution >= 0.6 is 15.9 Å². The van der Waals surface area contributed by atoms with Crippen molar-refractivity contribution in [2.75, 3.05) is 7.11 Å². The summed E-state index contributed by atoms with van der Waals surface area (Å²) in [4.78, 5) is 22.9. The van der Waals surface area contributed by atoms with Gasteiger partial charge in [-0.25, -0.2) is 4.79 Å². The minimum atomic E-state index is -0.826. The zero-order valence-corrected chi connectivity index (χ0v) is 13.5. The molecule has 1 unspecified atom stereocenters. The Hall–Kier alpha value is -1.56. The molecular formula is C14H18BrNO4. The number of hydrogen-bond donors (Lipinski definition) is 1. The van der Waals surface area contributed by atoms with E-state index in [1.165, 1.54) is 7.11 Å². The maximum atomic E-state index is 11.7. The highest BCUT2D eigenvalue weighted by Crippen LogP contribution is 2.28. The topological polar surface area (TPSA) is 64.6 Å². The number of alkyl carbamates (subject to hydrolysis) is 1. The van der Waals surface area contributed by atoms with Crippen LogP contribution in [0.1, 0.15) is 32.4 Å². The number of methoxy groups -OCH3 is 1. The number of hydrogen-bond acceptors (Lipinski definition) is 4. The maximum absolute atomic E-state index is 11.7. The average Bonchev–Trinajstić information content (AvgIpc) is 2.34. The van der Waals surface area contributed by atoms with Gasteiger partial charge in [-0.15, -0.1) is 0 Å². The van der Waals surface area contributed by atoms with E-state index in [0.29, 0.717) is 17.6 Å². The van der Waals surface area contributed by atoms with Crippen molar-refractivity contribution in [2.45, 2.75) is 32.4 Å². The Morgan fingerprint density at radius 2 is 2.05 bits per heavy atom. The van der Waals surface area contributed by atoms with Gasteiger partial charge in [0.1, 0.15) is 23.7 Å². The van der Waals surface area contributed by atoms with Crippen LogP contribution in [0.15, 0.2) is 22.7 Å². The van der Waals surface area contributed by atoms with Crippen LogP contribution in [0.3, 0.4) is 0 Å². The van der Waals surface area contributed by atoms with Crippen LogP contribution in [0.2, 0.25) is 0 Å². The summed E-state index contributed by atoms with van der Waals surface area (Å²) in [6, 6.07) is 4.38.